The lowest BCUT2D eigenvalue weighted by Crippen LogP contribution is -2.56. The Kier molecular flexibility index (Phi) is 5.25. The van der Waals surface area contributed by atoms with Crippen LogP contribution in [0.25, 0.3) is 0 Å². The fraction of sp³-hybridized carbons (Fsp3) is 0.500. The van der Waals surface area contributed by atoms with Gasteiger partial charge in [0.1, 0.15) is 0 Å². The van der Waals surface area contributed by atoms with Crippen molar-refractivity contribution < 1.29 is 35.5 Å². The molecule has 0 amide bonds. The molecule has 0 aliphatic rings. The molecule has 1 nitrogen and oxygen atoms in total. The number of ketones is 1. The molecule has 1 aromatic rings. The number of Topliss-reactive ketones (excluding diaryl/α,β-unsaturated/α-hetero) is 1. The first-order valence-electron chi connectivity index (χ1n) is 6.41. The topological polar surface area (TPSA) is 17.1 Å². The van der Waals surface area contributed by atoms with Crippen molar-refractivity contribution in [1.82, 2.24) is 0 Å². The largest absolute Gasteiger partial charge is 0.460 e. The second-order valence-electron chi connectivity index (χ2n) is 4.78. The second kappa shape index (κ2) is 6.26. The van der Waals surface area contributed by atoms with Gasteiger partial charge in [0.05, 0.1) is 0 Å². The molecule has 0 aliphatic carbocycles. The first-order chi connectivity index (χ1) is 9.95. The number of alkyl halides is 7. The molecular weight excluding hydrogens is 317 g/mol. The van der Waals surface area contributed by atoms with Crippen LogP contribution >= 0.6 is 0 Å². The smallest absolute Gasteiger partial charge is 0.287 e. The summed E-state index contributed by atoms with van der Waals surface area (Å²) in [5.74, 6) is -14.9. The standard InChI is InChI=1S/C14H13F7O/c1-2-3-4-9-5-7-10(8-6-9)11(22)12(15,16)13(17,18)14(19,20)21/h5-8H,2-4H2,1H3. The van der Waals surface area contributed by atoms with E-state index in [1.807, 2.05) is 6.92 Å². The van der Waals surface area contributed by atoms with Crippen LogP contribution in [0.3, 0.4) is 0 Å². The quantitative estimate of drug-likeness (QED) is 0.527. The molecule has 0 heterocycles. The summed E-state index contributed by atoms with van der Waals surface area (Å²) in [7, 11) is 0. The molecule has 0 saturated carbocycles. The van der Waals surface area contributed by atoms with Crippen LogP contribution in [-0.4, -0.2) is 23.8 Å². The van der Waals surface area contributed by atoms with E-state index < -0.39 is 29.4 Å². The van der Waals surface area contributed by atoms with E-state index in [2.05, 4.69) is 0 Å². The zero-order chi connectivity index (χ0) is 17.2. The average Bonchev–Trinajstić information content (AvgIpc) is 2.43. The highest BCUT2D eigenvalue weighted by Gasteiger charge is 2.76. The third kappa shape index (κ3) is 3.41. The van der Waals surface area contributed by atoms with Crippen molar-refractivity contribution in [1.29, 1.82) is 0 Å². The van der Waals surface area contributed by atoms with E-state index in [0.29, 0.717) is 12.0 Å². The van der Waals surface area contributed by atoms with Gasteiger partial charge in [-0.05, 0) is 18.4 Å². The number of carbonyl (C=O) groups is 1. The number of benzene rings is 1. The van der Waals surface area contributed by atoms with E-state index in [4.69, 9.17) is 0 Å². The number of unbranched alkanes of at least 4 members (excludes halogenated alkanes) is 1. The first kappa shape index (κ1) is 18.4. The van der Waals surface area contributed by atoms with Crippen LogP contribution in [0.1, 0.15) is 35.7 Å². The first-order valence-corrected chi connectivity index (χ1v) is 6.41. The van der Waals surface area contributed by atoms with Gasteiger partial charge in [0.15, 0.2) is 0 Å². The SMILES string of the molecule is CCCCc1ccc(C(=O)C(F)(F)C(F)(F)C(F)(F)F)cc1. The van der Waals surface area contributed by atoms with Gasteiger partial charge >= 0.3 is 18.0 Å². The third-order valence-electron chi connectivity index (χ3n) is 3.07. The average molecular weight is 330 g/mol. The molecule has 1 rings (SSSR count). The fourth-order valence-electron chi connectivity index (χ4n) is 1.71. The lowest BCUT2D eigenvalue weighted by molar-refractivity contribution is -0.339. The molecule has 0 atom stereocenters. The van der Waals surface area contributed by atoms with E-state index in [9.17, 15) is 35.5 Å². The molecular formula is C14H13F7O. The Morgan fingerprint density at radius 1 is 0.955 bits per heavy atom. The van der Waals surface area contributed by atoms with Crippen LogP contribution in [0.15, 0.2) is 24.3 Å². The molecule has 0 aromatic heterocycles. The predicted molar refractivity (Wildman–Crippen MR) is 65.3 cm³/mol. The summed E-state index contributed by atoms with van der Waals surface area (Å²) in [6, 6.07) is 4.16. The maximum absolute atomic E-state index is 13.3. The molecule has 124 valence electrons. The summed E-state index contributed by atoms with van der Waals surface area (Å²) < 4.78 is 88.2. The van der Waals surface area contributed by atoms with Crippen molar-refractivity contribution in [3.63, 3.8) is 0 Å². The molecule has 0 spiro atoms. The lowest BCUT2D eigenvalue weighted by Gasteiger charge is -2.27. The fourth-order valence-corrected chi connectivity index (χ4v) is 1.71. The second-order valence-corrected chi connectivity index (χ2v) is 4.78. The minimum absolute atomic E-state index is 0.583. The number of rotatable bonds is 6. The monoisotopic (exact) mass is 330 g/mol. The van der Waals surface area contributed by atoms with Gasteiger partial charge in [-0.3, -0.25) is 4.79 Å². The third-order valence-corrected chi connectivity index (χ3v) is 3.07. The Bertz CT molecular complexity index is 517. The highest BCUT2D eigenvalue weighted by Crippen LogP contribution is 2.47. The summed E-state index contributed by atoms with van der Waals surface area (Å²) >= 11 is 0. The summed E-state index contributed by atoms with van der Waals surface area (Å²) in [5.41, 5.74) is -0.224. The number of carbonyl (C=O) groups excluding carboxylic acids is 1. The number of hydrogen-bond acceptors (Lipinski definition) is 1. The zero-order valence-electron chi connectivity index (χ0n) is 11.5. The molecule has 0 fully saturated rings. The van der Waals surface area contributed by atoms with Gasteiger partial charge in [0.2, 0.25) is 5.78 Å². The van der Waals surface area contributed by atoms with Crippen LogP contribution < -0.4 is 0 Å². The zero-order valence-corrected chi connectivity index (χ0v) is 11.5. The van der Waals surface area contributed by atoms with Gasteiger partial charge in [-0.1, -0.05) is 37.6 Å². The molecule has 0 bridgehead atoms. The summed E-state index contributed by atoms with van der Waals surface area (Å²) in [6.07, 6.45) is -4.29. The molecule has 1 aromatic carbocycles. The van der Waals surface area contributed by atoms with Gasteiger partial charge in [-0.15, -0.1) is 0 Å². The van der Waals surface area contributed by atoms with Crippen LogP contribution in [0.5, 0.6) is 0 Å². The Morgan fingerprint density at radius 3 is 1.86 bits per heavy atom. The van der Waals surface area contributed by atoms with Crippen molar-refractivity contribution >= 4 is 5.78 Å². The van der Waals surface area contributed by atoms with E-state index >= 15 is 0 Å². The molecule has 22 heavy (non-hydrogen) atoms. The maximum atomic E-state index is 13.3. The Labute approximate surface area is 122 Å². The summed E-state index contributed by atoms with van der Waals surface area (Å²) in [4.78, 5) is 11.4. The normalized spacial score (nSPS) is 13.3. The van der Waals surface area contributed by atoms with E-state index in [-0.39, 0.29) is 0 Å². The predicted octanol–water partition coefficient (Wildman–Crippen LogP) is 5.04. The molecule has 0 N–H and O–H groups in total. The van der Waals surface area contributed by atoms with Crippen LogP contribution in [0, 0.1) is 0 Å². The van der Waals surface area contributed by atoms with Crippen molar-refractivity contribution in [2.45, 2.75) is 44.2 Å². The highest BCUT2D eigenvalue weighted by molar-refractivity contribution is 6.02. The van der Waals surface area contributed by atoms with Gasteiger partial charge in [0.25, 0.3) is 0 Å². The minimum Gasteiger partial charge on any atom is -0.287 e. The molecule has 0 saturated heterocycles. The molecule has 8 heteroatoms. The Hall–Kier alpha value is -1.60. The number of halogens is 7. The van der Waals surface area contributed by atoms with Gasteiger partial charge < -0.3 is 0 Å². The lowest BCUT2D eigenvalue weighted by atomic mass is 9.98. The van der Waals surface area contributed by atoms with Crippen molar-refractivity contribution in [2.75, 3.05) is 0 Å². The molecule has 0 aliphatic heterocycles. The Morgan fingerprint density at radius 2 is 1.45 bits per heavy atom. The minimum atomic E-state index is -6.52. The van der Waals surface area contributed by atoms with Crippen molar-refractivity contribution in [3.05, 3.63) is 35.4 Å². The van der Waals surface area contributed by atoms with E-state index in [1.165, 1.54) is 12.1 Å². The van der Waals surface area contributed by atoms with E-state index in [0.717, 1.165) is 25.0 Å². The summed E-state index contributed by atoms with van der Waals surface area (Å²) in [5, 5.41) is 0. The van der Waals surface area contributed by atoms with Crippen LogP contribution in [0.2, 0.25) is 0 Å². The van der Waals surface area contributed by atoms with Gasteiger partial charge in [-0.2, -0.15) is 30.7 Å². The van der Waals surface area contributed by atoms with Gasteiger partial charge in [0, 0.05) is 5.56 Å². The van der Waals surface area contributed by atoms with Crippen LogP contribution in [-0.2, 0) is 6.42 Å². The molecule has 0 radical (unpaired) electrons. The number of aryl methyl sites for hydroxylation is 1. The van der Waals surface area contributed by atoms with Gasteiger partial charge in [-0.25, -0.2) is 0 Å². The maximum Gasteiger partial charge on any atom is 0.460 e. The van der Waals surface area contributed by atoms with Crippen molar-refractivity contribution in [3.8, 4) is 0 Å². The van der Waals surface area contributed by atoms with Crippen molar-refractivity contribution in [2.24, 2.45) is 0 Å². The highest BCUT2D eigenvalue weighted by atomic mass is 19.4. The number of hydrogen-bond donors (Lipinski definition) is 0. The Balaban J connectivity index is 3.04. The van der Waals surface area contributed by atoms with Crippen LogP contribution in [0.4, 0.5) is 30.7 Å². The summed E-state index contributed by atoms with van der Waals surface area (Å²) in [6.45, 7) is 1.91. The van der Waals surface area contributed by atoms with E-state index in [1.54, 1.807) is 0 Å². The molecule has 0 unspecified atom stereocenters.